The number of piperidine rings is 2. The summed E-state index contributed by atoms with van der Waals surface area (Å²) < 4.78 is 48.8. The van der Waals surface area contributed by atoms with Crippen LogP contribution in [-0.4, -0.2) is 82.5 Å². The number of carbonyl (C=O) groups is 2. The van der Waals surface area contributed by atoms with E-state index in [9.17, 15) is 22.2 Å². The quantitative estimate of drug-likeness (QED) is 0.306. The highest BCUT2D eigenvalue weighted by Crippen LogP contribution is 2.30. The molecule has 2 aliphatic heterocycles. The molecule has 2 amide bonds. The summed E-state index contributed by atoms with van der Waals surface area (Å²) in [5.74, 6) is 0. The van der Waals surface area contributed by atoms with Gasteiger partial charge in [0.2, 0.25) is 0 Å². The van der Waals surface area contributed by atoms with Crippen LogP contribution in [0.4, 0.5) is 9.59 Å². The molecule has 2 aromatic carbocycles. The van der Waals surface area contributed by atoms with Gasteiger partial charge in [0.1, 0.15) is 11.2 Å². The smallest absolute Gasteiger partial charge is 0.410 e. The lowest BCUT2D eigenvalue weighted by Gasteiger charge is -2.33. The molecule has 1 atom stereocenters. The van der Waals surface area contributed by atoms with E-state index in [0.29, 0.717) is 66.8 Å². The second-order valence-corrected chi connectivity index (χ2v) is 19.1. The van der Waals surface area contributed by atoms with E-state index < -0.39 is 43.2 Å². The number of hydrogen-bond acceptors (Lipinski definition) is 7. The zero-order valence-corrected chi connectivity index (χ0v) is 32.0. The maximum absolute atomic E-state index is 12.7. The molecule has 0 radical (unpaired) electrons. The first-order chi connectivity index (χ1) is 21.6. The Balaban J connectivity index is 0.000000256. The van der Waals surface area contributed by atoms with E-state index in [-0.39, 0.29) is 26.3 Å². The lowest BCUT2D eigenvalue weighted by molar-refractivity contribution is 0.0207. The number of ether oxygens (including phenoxy) is 2. The van der Waals surface area contributed by atoms with E-state index in [1.165, 1.54) is 18.2 Å². The van der Waals surface area contributed by atoms with Gasteiger partial charge < -0.3 is 19.3 Å². The Morgan fingerprint density at radius 1 is 0.681 bits per heavy atom. The molecule has 4 rings (SSSR count). The first-order valence-electron chi connectivity index (χ1n) is 15.2. The summed E-state index contributed by atoms with van der Waals surface area (Å²) >= 11 is 23.7. The van der Waals surface area contributed by atoms with Gasteiger partial charge in [0.05, 0.1) is 20.9 Å². The number of benzene rings is 2. The summed E-state index contributed by atoms with van der Waals surface area (Å²) in [7, 11) is -4.72. The Morgan fingerprint density at radius 3 is 1.43 bits per heavy atom. The predicted octanol–water partition coefficient (Wildman–Crippen LogP) is 8.67. The lowest BCUT2D eigenvalue weighted by Crippen LogP contribution is -2.44. The van der Waals surface area contributed by atoms with Crippen molar-refractivity contribution in [3.63, 3.8) is 0 Å². The first kappa shape index (κ1) is 39.7. The van der Waals surface area contributed by atoms with Crippen LogP contribution in [-0.2, 0) is 30.1 Å². The molecule has 0 bridgehead atoms. The number of amides is 2. The summed E-state index contributed by atoms with van der Waals surface area (Å²) in [5.41, 5.74) is -1.08. The fraction of sp³-hybridized carbons (Fsp3) is 0.562. The third-order valence-corrected chi connectivity index (χ3v) is 12.1. The van der Waals surface area contributed by atoms with Crippen LogP contribution < -0.4 is 0 Å². The average molecular weight is 773 g/mol. The van der Waals surface area contributed by atoms with Crippen molar-refractivity contribution in [2.24, 2.45) is 0 Å². The number of carbonyl (C=O) groups excluding carboxylic acids is 2. The molecule has 0 saturated carbocycles. The highest BCUT2D eigenvalue weighted by molar-refractivity contribution is 7.92. The molecular formula is C32H42Cl4N2O7S2. The van der Waals surface area contributed by atoms with Crippen LogP contribution in [0.25, 0.3) is 0 Å². The Labute approximate surface area is 300 Å². The van der Waals surface area contributed by atoms with Crippen molar-refractivity contribution >= 4 is 79.2 Å². The van der Waals surface area contributed by atoms with E-state index in [4.69, 9.17) is 55.9 Å². The van der Waals surface area contributed by atoms with Crippen molar-refractivity contribution in [2.75, 3.05) is 26.2 Å². The third kappa shape index (κ3) is 12.3. The maximum atomic E-state index is 12.7. The van der Waals surface area contributed by atoms with Crippen LogP contribution in [0.5, 0.6) is 0 Å². The second-order valence-electron chi connectivity index (χ2n) is 13.4. The minimum absolute atomic E-state index is 0.0109. The molecule has 2 aliphatic rings. The number of sulfone groups is 1. The fourth-order valence-corrected chi connectivity index (χ4v) is 9.60. The topological polar surface area (TPSA) is 110 Å². The Morgan fingerprint density at radius 2 is 1.04 bits per heavy atom. The van der Waals surface area contributed by atoms with Gasteiger partial charge in [-0.25, -0.2) is 18.0 Å². The minimum Gasteiger partial charge on any atom is -0.444 e. The summed E-state index contributed by atoms with van der Waals surface area (Å²) in [6.45, 7) is 12.7. The molecule has 15 heteroatoms. The van der Waals surface area contributed by atoms with Gasteiger partial charge in [-0.1, -0.05) is 46.4 Å². The van der Waals surface area contributed by atoms with E-state index in [0.717, 1.165) is 0 Å². The van der Waals surface area contributed by atoms with Gasteiger partial charge in [0.15, 0.2) is 9.84 Å². The number of halogens is 4. The van der Waals surface area contributed by atoms with Crippen LogP contribution >= 0.6 is 46.4 Å². The molecule has 47 heavy (non-hydrogen) atoms. The van der Waals surface area contributed by atoms with E-state index >= 15 is 0 Å². The van der Waals surface area contributed by atoms with Crippen molar-refractivity contribution < 1.29 is 31.7 Å². The van der Waals surface area contributed by atoms with Gasteiger partial charge in [-0.15, -0.1) is 0 Å². The van der Waals surface area contributed by atoms with Gasteiger partial charge in [-0.2, -0.15) is 0 Å². The van der Waals surface area contributed by atoms with Crippen molar-refractivity contribution in [1.29, 1.82) is 0 Å². The van der Waals surface area contributed by atoms with Gasteiger partial charge in [0, 0.05) is 56.4 Å². The molecule has 262 valence electrons. The molecule has 2 heterocycles. The van der Waals surface area contributed by atoms with Crippen molar-refractivity contribution in [3.8, 4) is 0 Å². The number of rotatable bonds is 4. The minimum atomic E-state index is -3.54. The summed E-state index contributed by atoms with van der Waals surface area (Å²) in [4.78, 5) is 28.1. The number of likely N-dealkylation sites (tertiary alicyclic amines) is 2. The molecule has 2 saturated heterocycles. The molecule has 2 aromatic rings. The van der Waals surface area contributed by atoms with Gasteiger partial charge in [0.25, 0.3) is 0 Å². The Hall–Kier alpha value is -1.76. The molecular weight excluding hydrogens is 730 g/mol. The van der Waals surface area contributed by atoms with Crippen LogP contribution in [0.1, 0.15) is 67.2 Å². The molecule has 1 unspecified atom stereocenters. The fourth-order valence-electron chi connectivity index (χ4n) is 4.98. The SMILES string of the molecule is CC(C)(C)OC(=O)N1CCC(S(=O)(=O)c2cc(Cl)cc(Cl)c2)CC1.CC(C)(C)OC(=O)N1CCC(S(=O)c2cc(Cl)cc(Cl)c2)CC1. The molecule has 0 aromatic heterocycles. The molecule has 0 spiro atoms. The lowest BCUT2D eigenvalue weighted by atomic mass is 10.1. The summed E-state index contributed by atoms with van der Waals surface area (Å²) in [6.07, 6.45) is 1.31. The molecule has 0 N–H and O–H groups in total. The van der Waals surface area contributed by atoms with Crippen molar-refractivity contribution in [2.45, 2.75) is 98.7 Å². The van der Waals surface area contributed by atoms with Crippen LogP contribution in [0.3, 0.4) is 0 Å². The number of hydrogen-bond donors (Lipinski definition) is 0. The largest absolute Gasteiger partial charge is 0.444 e. The Bertz CT molecular complexity index is 1520. The second kappa shape index (κ2) is 16.3. The monoisotopic (exact) mass is 770 g/mol. The molecule has 2 fully saturated rings. The molecule has 9 nitrogen and oxygen atoms in total. The van der Waals surface area contributed by atoms with E-state index in [1.54, 1.807) is 48.8 Å². The van der Waals surface area contributed by atoms with Crippen LogP contribution in [0.2, 0.25) is 20.1 Å². The van der Waals surface area contributed by atoms with Crippen molar-refractivity contribution in [3.05, 3.63) is 56.5 Å². The third-order valence-electron chi connectivity index (χ3n) is 7.16. The zero-order chi connectivity index (χ0) is 35.3. The standard InChI is InChI=1S/C16H21Cl2NO4S.C16H21Cl2NO3S/c1-16(2,3)23-15(20)19-6-4-13(5-7-19)24(21,22)14-9-11(17)8-12(18)10-14;1-16(2,3)22-15(20)19-6-4-13(5-7-19)23(21)14-9-11(17)8-12(18)10-14/h8-10,13H,4-7H2,1-3H3;8-10,13H,4-7H2,1-3H3. The zero-order valence-electron chi connectivity index (χ0n) is 27.4. The van der Waals surface area contributed by atoms with E-state index in [1.807, 2.05) is 20.8 Å². The first-order valence-corrected chi connectivity index (χ1v) is 19.4. The van der Waals surface area contributed by atoms with Crippen LogP contribution in [0, 0.1) is 0 Å². The van der Waals surface area contributed by atoms with Gasteiger partial charge in [-0.3, -0.25) is 4.21 Å². The van der Waals surface area contributed by atoms with Gasteiger partial charge in [-0.05, 0) is 104 Å². The van der Waals surface area contributed by atoms with Crippen LogP contribution in [0.15, 0.2) is 46.2 Å². The average Bonchev–Trinajstić information content (AvgIpc) is 2.94. The molecule has 0 aliphatic carbocycles. The van der Waals surface area contributed by atoms with Gasteiger partial charge >= 0.3 is 12.2 Å². The van der Waals surface area contributed by atoms with Crippen molar-refractivity contribution in [1.82, 2.24) is 9.80 Å². The highest BCUT2D eigenvalue weighted by atomic mass is 35.5. The highest BCUT2D eigenvalue weighted by Gasteiger charge is 2.35. The summed E-state index contributed by atoms with van der Waals surface area (Å²) in [6, 6.07) is 9.29. The maximum Gasteiger partial charge on any atom is 0.410 e. The Kier molecular flexibility index (Phi) is 13.8. The van der Waals surface area contributed by atoms with E-state index in [2.05, 4.69) is 0 Å². The predicted molar refractivity (Wildman–Crippen MR) is 188 cm³/mol. The summed E-state index contributed by atoms with van der Waals surface area (Å²) in [5, 5.41) is 0.951. The normalized spacial score (nSPS) is 17.4. The number of nitrogens with zero attached hydrogens (tertiary/aromatic N) is 2.